The molecule has 0 aromatic heterocycles. The van der Waals surface area contributed by atoms with Crippen LogP contribution in [0, 0.1) is 0 Å². The SMILES string of the molecule is NS(=O)(=O)c1ccc(C(=O)NCCN2CCCC2)cc1. The van der Waals surface area contributed by atoms with Crippen LogP contribution < -0.4 is 10.5 Å². The van der Waals surface area contributed by atoms with E-state index in [1.807, 2.05) is 0 Å². The van der Waals surface area contributed by atoms with E-state index in [1.54, 1.807) is 0 Å². The fraction of sp³-hybridized carbons (Fsp3) is 0.462. The number of nitrogens with zero attached hydrogens (tertiary/aromatic N) is 1. The molecule has 6 nitrogen and oxygen atoms in total. The molecule has 7 heteroatoms. The number of nitrogens with one attached hydrogen (secondary N) is 1. The van der Waals surface area contributed by atoms with Crippen molar-refractivity contribution < 1.29 is 13.2 Å². The first-order chi connectivity index (χ1) is 9.47. The van der Waals surface area contributed by atoms with E-state index in [1.165, 1.54) is 37.1 Å². The second-order valence-electron chi connectivity index (χ2n) is 4.87. The van der Waals surface area contributed by atoms with Crippen molar-refractivity contribution in [3.63, 3.8) is 0 Å². The normalized spacial score (nSPS) is 16.2. The third-order valence-electron chi connectivity index (χ3n) is 3.36. The standard InChI is InChI=1S/C13H19N3O3S/c14-20(18,19)12-5-3-11(4-6-12)13(17)15-7-10-16-8-1-2-9-16/h3-6H,1-2,7-10H2,(H,15,17)(H2,14,18,19). The second-order valence-corrected chi connectivity index (χ2v) is 6.44. The molecular formula is C13H19N3O3S. The van der Waals surface area contributed by atoms with E-state index in [0.29, 0.717) is 12.1 Å². The maximum Gasteiger partial charge on any atom is 0.251 e. The largest absolute Gasteiger partial charge is 0.351 e. The van der Waals surface area contributed by atoms with E-state index in [0.717, 1.165) is 19.6 Å². The van der Waals surface area contributed by atoms with Crippen molar-refractivity contribution in [1.82, 2.24) is 10.2 Å². The van der Waals surface area contributed by atoms with Crippen molar-refractivity contribution in [3.05, 3.63) is 29.8 Å². The molecule has 1 heterocycles. The molecule has 1 fully saturated rings. The van der Waals surface area contributed by atoms with Crippen LogP contribution in [0.15, 0.2) is 29.2 Å². The first-order valence-corrected chi connectivity index (χ1v) is 8.15. The van der Waals surface area contributed by atoms with Crippen LogP contribution in [0.3, 0.4) is 0 Å². The summed E-state index contributed by atoms with van der Waals surface area (Å²) >= 11 is 0. The number of primary sulfonamides is 1. The lowest BCUT2D eigenvalue weighted by Gasteiger charge is -2.14. The summed E-state index contributed by atoms with van der Waals surface area (Å²) < 4.78 is 22.2. The summed E-state index contributed by atoms with van der Waals surface area (Å²) in [6.45, 7) is 3.63. The number of hydrogen-bond acceptors (Lipinski definition) is 4. The highest BCUT2D eigenvalue weighted by atomic mass is 32.2. The van der Waals surface area contributed by atoms with E-state index in [2.05, 4.69) is 10.2 Å². The average Bonchev–Trinajstić information content (AvgIpc) is 2.91. The highest BCUT2D eigenvalue weighted by Gasteiger charge is 2.12. The quantitative estimate of drug-likeness (QED) is 0.809. The van der Waals surface area contributed by atoms with Gasteiger partial charge < -0.3 is 10.2 Å². The molecule has 0 atom stereocenters. The van der Waals surface area contributed by atoms with E-state index in [-0.39, 0.29) is 10.8 Å². The molecule has 0 bridgehead atoms. The van der Waals surface area contributed by atoms with Gasteiger partial charge in [0.1, 0.15) is 0 Å². The fourth-order valence-electron chi connectivity index (χ4n) is 2.23. The number of likely N-dealkylation sites (tertiary alicyclic amines) is 1. The van der Waals surface area contributed by atoms with Crippen molar-refractivity contribution in [2.45, 2.75) is 17.7 Å². The Balaban J connectivity index is 1.85. The minimum atomic E-state index is -3.71. The van der Waals surface area contributed by atoms with Gasteiger partial charge in [-0.2, -0.15) is 0 Å². The molecular weight excluding hydrogens is 278 g/mol. The zero-order valence-electron chi connectivity index (χ0n) is 11.2. The van der Waals surface area contributed by atoms with E-state index >= 15 is 0 Å². The summed E-state index contributed by atoms with van der Waals surface area (Å²) in [6, 6.07) is 5.60. The molecule has 1 amide bonds. The zero-order chi connectivity index (χ0) is 14.6. The molecule has 1 aliphatic rings. The second kappa shape index (κ2) is 6.34. The van der Waals surface area contributed by atoms with Crippen molar-refractivity contribution in [1.29, 1.82) is 0 Å². The molecule has 1 aromatic rings. The van der Waals surface area contributed by atoms with E-state index in [9.17, 15) is 13.2 Å². The van der Waals surface area contributed by atoms with Crippen LogP contribution in [0.5, 0.6) is 0 Å². The van der Waals surface area contributed by atoms with Crippen molar-refractivity contribution >= 4 is 15.9 Å². The van der Waals surface area contributed by atoms with Gasteiger partial charge in [-0.25, -0.2) is 13.6 Å². The van der Waals surface area contributed by atoms with Gasteiger partial charge in [0.2, 0.25) is 10.0 Å². The Bertz CT molecular complexity index is 563. The monoisotopic (exact) mass is 297 g/mol. The third-order valence-corrected chi connectivity index (χ3v) is 4.29. The predicted molar refractivity (Wildman–Crippen MR) is 75.8 cm³/mol. The average molecular weight is 297 g/mol. The Morgan fingerprint density at radius 3 is 2.35 bits per heavy atom. The molecule has 110 valence electrons. The minimum absolute atomic E-state index is 0.00566. The van der Waals surface area contributed by atoms with Crippen LogP contribution in [0.4, 0.5) is 0 Å². The van der Waals surface area contributed by atoms with Crippen LogP contribution in [0.2, 0.25) is 0 Å². The summed E-state index contributed by atoms with van der Waals surface area (Å²) in [6.07, 6.45) is 2.45. The lowest BCUT2D eigenvalue weighted by Crippen LogP contribution is -2.33. The number of amides is 1. The Kier molecular flexibility index (Phi) is 4.74. The molecule has 20 heavy (non-hydrogen) atoms. The van der Waals surface area contributed by atoms with Crippen LogP contribution in [-0.4, -0.2) is 45.4 Å². The molecule has 0 radical (unpaired) electrons. The van der Waals surface area contributed by atoms with Gasteiger partial charge in [-0.3, -0.25) is 4.79 Å². The van der Waals surface area contributed by atoms with Gasteiger partial charge in [0.05, 0.1) is 4.90 Å². The number of rotatable bonds is 5. The Morgan fingerprint density at radius 2 is 1.80 bits per heavy atom. The first-order valence-electron chi connectivity index (χ1n) is 6.60. The minimum Gasteiger partial charge on any atom is -0.351 e. The number of sulfonamides is 1. The highest BCUT2D eigenvalue weighted by molar-refractivity contribution is 7.89. The Labute approximate surface area is 119 Å². The maximum absolute atomic E-state index is 11.9. The Morgan fingerprint density at radius 1 is 1.20 bits per heavy atom. The van der Waals surface area contributed by atoms with Crippen LogP contribution in [-0.2, 0) is 10.0 Å². The fourth-order valence-corrected chi connectivity index (χ4v) is 2.75. The number of nitrogens with two attached hydrogens (primary N) is 1. The van der Waals surface area contributed by atoms with E-state index in [4.69, 9.17) is 5.14 Å². The molecule has 1 saturated heterocycles. The number of hydrogen-bond donors (Lipinski definition) is 2. The van der Waals surface area contributed by atoms with Crippen molar-refractivity contribution in [2.75, 3.05) is 26.2 Å². The molecule has 0 unspecified atom stereocenters. The third kappa shape index (κ3) is 4.03. The smallest absolute Gasteiger partial charge is 0.251 e. The van der Waals surface area contributed by atoms with Crippen molar-refractivity contribution in [2.24, 2.45) is 5.14 Å². The molecule has 0 aliphatic carbocycles. The summed E-state index contributed by atoms with van der Waals surface area (Å²) in [5.74, 6) is -0.204. The number of carbonyl (C=O) groups is 1. The molecule has 3 N–H and O–H groups in total. The van der Waals surface area contributed by atoms with Crippen LogP contribution in [0.25, 0.3) is 0 Å². The summed E-state index contributed by atoms with van der Waals surface area (Å²) in [5.41, 5.74) is 0.429. The topological polar surface area (TPSA) is 92.5 Å². The van der Waals surface area contributed by atoms with Gasteiger partial charge in [-0.15, -0.1) is 0 Å². The first kappa shape index (κ1) is 15.0. The highest BCUT2D eigenvalue weighted by Crippen LogP contribution is 2.09. The summed E-state index contributed by atoms with van der Waals surface area (Å²) in [5, 5.41) is 7.82. The zero-order valence-corrected chi connectivity index (χ0v) is 12.0. The van der Waals surface area contributed by atoms with Gasteiger partial charge in [-0.05, 0) is 50.2 Å². The predicted octanol–water partition coefficient (Wildman–Crippen LogP) is 0.160. The molecule has 0 saturated carbocycles. The number of benzene rings is 1. The Hall–Kier alpha value is -1.44. The van der Waals surface area contributed by atoms with Gasteiger partial charge in [-0.1, -0.05) is 0 Å². The van der Waals surface area contributed by atoms with Gasteiger partial charge >= 0.3 is 0 Å². The molecule has 2 rings (SSSR count). The van der Waals surface area contributed by atoms with Gasteiger partial charge in [0, 0.05) is 18.7 Å². The molecule has 1 aromatic carbocycles. The molecule has 1 aliphatic heterocycles. The van der Waals surface area contributed by atoms with Crippen LogP contribution >= 0.6 is 0 Å². The van der Waals surface area contributed by atoms with Crippen molar-refractivity contribution in [3.8, 4) is 0 Å². The summed E-state index contributed by atoms with van der Waals surface area (Å²) in [7, 11) is -3.71. The van der Waals surface area contributed by atoms with Gasteiger partial charge in [0.25, 0.3) is 5.91 Å². The van der Waals surface area contributed by atoms with Crippen LogP contribution in [0.1, 0.15) is 23.2 Å². The summed E-state index contributed by atoms with van der Waals surface area (Å²) in [4.78, 5) is 14.2. The lowest BCUT2D eigenvalue weighted by molar-refractivity contribution is 0.0949. The molecule has 0 spiro atoms. The van der Waals surface area contributed by atoms with E-state index < -0.39 is 10.0 Å². The maximum atomic E-state index is 11.9. The number of carbonyl (C=O) groups excluding carboxylic acids is 1. The van der Waals surface area contributed by atoms with Gasteiger partial charge in [0.15, 0.2) is 0 Å². The lowest BCUT2D eigenvalue weighted by atomic mass is 10.2.